The van der Waals surface area contributed by atoms with Crippen molar-refractivity contribution >= 4 is 12.0 Å². The summed E-state index contributed by atoms with van der Waals surface area (Å²) in [5.74, 6) is 0.743. The van der Waals surface area contributed by atoms with Crippen molar-refractivity contribution in [3.63, 3.8) is 0 Å². The third-order valence-corrected chi connectivity index (χ3v) is 3.39. The average Bonchev–Trinajstić information content (AvgIpc) is 2.59. The van der Waals surface area contributed by atoms with E-state index in [0.717, 1.165) is 11.1 Å². The Morgan fingerprint density at radius 2 is 2.05 bits per heavy atom. The number of hydrogen-bond acceptors (Lipinski definition) is 4. The van der Waals surface area contributed by atoms with Gasteiger partial charge in [-0.1, -0.05) is 36.4 Å². The zero-order valence-electron chi connectivity index (χ0n) is 12.2. The second-order valence-corrected chi connectivity index (χ2v) is 4.87. The van der Waals surface area contributed by atoms with Crippen molar-refractivity contribution in [2.24, 2.45) is 0 Å². The van der Waals surface area contributed by atoms with E-state index in [1.54, 1.807) is 12.1 Å². The van der Waals surface area contributed by atoms with Gasteiger partial charge in [0.2, 0.25) is 0 Å². The van der Waals surface area contributed by atoms with Gasteiger partial charge in [0.25, 0.3) is 0 Å². The fourth-order valence-corrected chi connectivity index (χ4v) is 2.27. The molecule has 2 aromatic carbocycles. The number of fused-ring (bicyclic) bond motifs is 1. The third-order valence-electron chi connectivity index (χ3n) is 3.39. The predicted molar refractivity (Wildman–Crippen MR) is 83.1 cm³/mol. The Morgan fingerprint density at radius 1 is 1.23 bits per heavy atom. The normalized spacial score (nSPS) is 12.2. The molecule has 4 nitrogen and oxygen atoms in total. The van der Waals surface area contributed by atoms with E-state index in [0.29, 0.717) is 30.3 Å². The van der Waals surface area contributed by atoms with Crippen LogP contribution in [-0.2, 0) is 11.3 Å². The smallest absolute Gasteiger partial charge is 0.341 e. The minimum Gasteiger partial charge on any atom is -0.489 e. The van der Waals surface area contributed by atoms with E-state index in [4.69, 9.17) is 14.2 Å². The summed E-state index contributed by atoms with van der Waals surface area (Å²) in [4.78, 5) is 12.0. The van der Waals surface area contributed by atoms with Crippen molar-refractivity contribution < 1.29 is 19.0 Å². The van der Waals surface area contributed by atoms with Crippen molar-refractivity contribution in [1.29, 1.82) is 0 Å². The maximum atomic E-state index is 12.0. The van der Waals surface area contributed by atoms with Crippen LogP contribution in [0, 0.1) is 0 Å². The Kier molecular flexibility index (Phi) is 4.10. The molecule has 22 heavy (non-hydrogen) atoms. The van der Waals surface area contributed by atoms with Crippen LogP contribution in [0.25, 0.3) is 6.08 Å². The topological polar surface area (TPSA) is 44.8 Å². The fraction of sp³-hybridized carbons (Fsp3) is 0.167. The number of hydrogen-bond donors (Lipinski definition) is 0. The summed E-state index contributed by atoms with van der Waals surface area (Å²) < 4.78 is 16.2. The number of ether oxygens (including phenoxy) is 3. The minimum absolute atomic E-state index is 0.374. The van der Waals surface area contributed by atoms with Crippen LogP contribution in [0.15, 0.2) is 48.5 Å². The summed E-state index contributed by atoms with van der Waals surface area (Å²) in [6, 6.07) is 13.2. The molecule has 0 spiro atoms. The lowest BCUT2D eigenvalue weighted by Crippen LogP contribution is -2.09. The monoisotopic (exact) mass is 296 g/mol. The van der Waals surface area contributed by atoms with Crippen molar-refractivity contribution in [2.75, 3.05) is 13.7 Å². The molecule has 1 aliphatic heterocycles. The van der Waals surface area contributed by atoms with Gasteiger partial charge in [-0.2, -0.15) is 0 Å². The van der Waals surface area contributed by atoms with E-state index in [1.165, 1.54) is 7.11 Å². The number of methoxy groups -OCH3 is 1. The first kappa shape index (κ1) is 14.2. The molecular weight excluding hydrogens is 280 g/mol. The highest BCUT2D eigenvalue weighted by Crippen LogP contribution is 2.33. The summed E-state index contributed by atoms with van der Waals surface area (Å²) >= 11 is 0. The summed E-state index contributed by atoms with van der Waals surface area (Å²) in [6.45, 7) is 0.891. The molecule has 1 heterocycles. The molecule has 0 amide bonds. The van der Waals surface area contributed by atoms with Crippen LogP contribution in [0.1, 0.15) is 21.5 Å². The Balaban J connectivity index is 1.91. The van der Waals surface area contributed by atoms with Gasteiger partial charge in [-0.3, -0.25) is 0 Å². The van der Waals surface area contributed by atoms with Crippen LogP contribution in [0.3, 0.4) is 0 Å². The number of rotatable bonds is 4. The lowest BCUT2D eigenvalue weighted by molar-refractivity contribution is 0.0595. The van der Waals surface area contributed by atoms with Gasteiger partial charge in [0.05, 0.1) is 7.11 Å². The molecule has 0 saturated carbocycles. The van der Waals surface area contributed by atoms with E-state index >= 15 is 0 Å². The molecule has 0 aliphatic carbocycles. The number of carbonyl (C=O) groups excluding carboxylic acids is 1. The van der Waals surface area contributed by atoms with Gasteiger partial charge >= 0.3 is 5.97 Å². The van der Waals surface area contributed by atoms with Crippen LogP contribution >= 0.6 is 0 Å². The number of esters is 1. The van der Waals surface area contributed by atoms with Gasteiger partial charge in [0, 0.05) is 11.6 Å². The first-order valence-electron chi connectivity index (χ1n) is 7.00. The van der Waals surface area contributed by atoms with Crippen molar-refractivity contribution in [1.82, 2.24) is 0 Å². The van der Waals surface area contributed by atoms with E-state index < -0.39 is 5.97 Å². The molecule has 0 bridgehead atoms. The van der Waals surface area contributed by atoms with Crippen molar-refractivity contribution in [3.05, 3.63) is 65.2 Å². The molecule has 0 saturated heterocycles. The number of carbonyl (C=O) groups is 1. The van der Waals surface area contributed by atoms with E-state index in [2.05, 4.69) is 0 Å². The zero-order chi connectivity index (χ0) is 15.4. The summed E-state index contributed by atoms with van der Waals surface area (Å²) in [5, 5.41) is 0. The molecule has 0 atom stereocenters. The maximum Gasteiger partial charge on any atom is 0.341 e. The highest BCUT2D eigenvalue weighted by atomic mass is 16.5. The molecule has 0 aromatic heterocycles. The van der Waals surface area contributed by atoms with Crippen molar-refractivity contribution in [2.45, 2.75) is 6.61 Å². The predicted octanol–water partition coefficient (Wildman–Crippen LogP) is 3.46. The van der Waals surface area contributed by atoms with Gasteiger partial charge in [0.15, 0.2) is 0 Å². The lowest BCUT2D eigenvalue weighted by atomic mass is 10.1. The Labute approximate surface area is 128 Å². The molecular formula is C18H16O4. The molecule has 112 valence electrons. The Hall–Kier alpha value is -2.75. The second-order valence-electron chi connectivity index (χ2n) is 4.87. The maximum absolute atomic E-state index is 12.0. The van der Waals surface area contributed by atoms with E-state index in [9.17, 15) is 4.79 Å². The second kappa shape index (κ2) is 6.35. The average molecular weight is 296 g/mol. The van der Waals surface area contributed by atoms with Crippen LogP contribution < -0.4 is 9.47 Å². The minimum atomic E-state index is -0.426. The summed E-state index contributed by atoms with van der Waals surface area (Å²) in [6.07, 6.45) is 3.82. The van der Waals surface area contributed by atoms with Crippen LogP contribution in [-0.4, -0.2) is 19.7 Å². The molecule has 1 aliphatic rings. The van der Waals surface area contributed by atoms with E-state index in [-0.39, 0.29) is 0 Å². The molecule has 3 rings (SSSR count). The van der Waals surface area contributed by atoms with Crippen molar-refractivity contribution in [3.8, 4) is 11.5 Å². The molecule has 0 N–H and O–H groups in total. The standard InChI is InChI=1S/C18H16O4/c1-20-18(19)15-10-14-8-5-9-21-16(14)11-17(15)22-12-13-6-3-2-4-7-13/h2-8,10-11H,9,12H2,1H3. The van der Waals surface area contributed by atoms with Gasteiger partial charge < -0.3 is 14.2 Å². The van der Waals surface area contributed by atoms with Crippen LogP contribution in [0.4, 0.5) is 0 Å². The molecule has 2 aromatic rings. The SMILES string of the molecule is COC(=O)c1cc2c(cc1OCc1ccccc1)OCC=C2. The molecule has 0 fully saturated rings. The van der Waals surface area contributed by atoms with E-state index in [1.807, 2.05) is 42.5 Å². The molecule has 0 unspecified atom stereocenters. The van der Waals surface area contributed by atoms with Gasteiger partial charge in [0.1, 0.15) is 30.3 Å². The highest BCUT2D eigenvalue weighted by Gasteiger charge is 2.18. The quantitative estimate of drug-likeness (QED) is 0.811. The highest BCUT2D eigenvalue weighted by molar-refractivity contribution is 5.94. The zero-order valence-corrected chi connectivity index (χ0v) is 12.2. The Bertz CT molecular complexity index is 705. The third kappa shape index (κ3) is 2.96. The fourth-order valence-electron chi connectivity index (χ4n) is 2.27. The summed E-state index contributed by atoms with van der Waals surface area (Å²) in [7, 11) is 1.36. The first-order valence-corrected chi connectivity index (χ1v) is 7.00. The lowest BCUT2D eigenvalue weighted by Gasteiger charge is -2.17. The summed E-state index contributed by atoms with van der Waals surface area (Å²) in [5.41, 5.74) is 2.27. The number of benzene rings is 2. The van der Waals surface area contributed by atoms with Gasteiger partial charge in [-0.25, -0.2) is 4.79 Å². The first-order chi connectivity index (χ1) is 10.8. The van der Waals surface area contributed by atoms with Crippen LogP contribution in [0.2, 0.25) is 0 Å². The van der Waals surface area contributed by atoms with Gasteiger partial charge in [-0.05, 0) is 17.7 Å². The molecule has 0 radical (unpaired) electrons. The largest absolute Gasteiger partial charge is 0.489 e. The van der Waals surface area contributed by atoms with Gasteiger partial charge in [-0.15, -0.1) is 0 Å². The van der Waals surface area contributed by atoms with Crippen LogP contribution in [0.5, 0.6) is 11.5 Å². The Morgan fingerprint density at radius 3 is 2.82 bits per heavy atom. The molecule has 4 heteroatoms.